The molecule has 1 fully saturated rings. The molecule has 6 nitrogen and oxygen atoms in total. The molecule has 0 spiro atoms. The Hall–Kier alpha value is -3.68. The first-order valence-electron chi connectivity index (χ1n) is 12.6. The Balaban J connectivity index is 1.59. The van der Waals surface area contributed by atoms with Crippen molar-refractivity contribution in [1.29, 1.82) is 0 Å². The fourth-order valence-electron chi connectivity index (χ4n) is 5.44. The van der Waals surface area contributed by atoms with Crippen LogP contribution in [0.25, 0.3) is 0 Å². The lowest BCUT2D eigenvalue weighted by Crippen LogP contribution is -2.52. The smallest absolute Gasteiger partial charge is 0.136 e. The standard InChI is InChI=1S/C31H32N4O2/c1-30(2)31(3,4)35(37)29(34(30)36)22-19-20-27-28(21-22)33(24-15-9-6-10-16-24)26-18-12-11-17-25(26)32(27)23-13-7-5-8-14-23/h5-21,29,36-37H,1-4H3. The van der Waals surface area contributed by atoms with Crippen molar-refractivity contribution in [3.63, 3.8) is 0 Å². The van der Waals surface area contributed by atoms with Crippen molar-refractivity contribution in [2.24, 2.45) is 0 Å². The van der Waals surface area contributed by atoms with Crippen LogP contribution in [0, 0.1) is 0 Å². The second-order valence-electron chi connectivity index (χ2n) is 10.8. The summed E-state index contributed by atoms with van der Waals surface area (Å²) in [6.45, 7) is 7.77. The van der Waals surface area contributed by atoms with E-state index in [0.717, 1.165) is 39.7 Å². The number of fused-ring (bicyclic) bond motifs is 2. The van der Waals surface area contributed by atoms with Crippen LogP contribution in [0.5, 0.6) is 0 Å². The van der Waals surface area contributed by atoms with Crippen LogP contribution < -0.4 is 9.80 Å². The molecule has 188 valence electrons. The van der Waals surface area contributed by atoms with Gasteiger partial charge in [-0.2, -0.15) is 10.1 Å². The maximum absolute atomic E-state index is 11.3. The summed E-state index contributed by atoms with van der Waals surface area (Å²) in [6.07, 6.45) is -0.713. The van der Waals surface area contributed by atoms with E-state index in [1.165, 1.54) is 10.1 Å². The molecule has 1 saturated heterocycles. The third kappa shape index (κ3) is 3.41. The summed E-state index contributed by atoms with van der Waals surface area (Å²) in [7, 11) is 0. The summed E-state index contributed by atoms with van der Waals surface area (Å²) in [4.78, 5) is 4.52. The lowest BCUT2D eigenvalue weighted by molar-refractivity contribution is -0.223. The van der Waals surface area contributed by atoms with Gasteiger partial charge in [-0.1, -0.05) is 54.6 Å². The highest BCUT2D eigenvalue weighted by Gasteiger charge is 2.58. The van der Waals surface area contributed by atoms with Crippen LogP contribution >= 0.6 is 0 Å². The Bertz CT molecular complexity index is 1420. The van der Waals surface area contributed by atoms with Gasteiger partial charge in [-0.15, -0.1) is 0 Å². The molecule has 0 amide bonds. The molecule has 0 saturated carbocycles. The monoisotopic (exact) mass is 492 g/mol. The Morgan fingerprint density at radius 2 is 0.919 bits per heavy atom. The van der Waals surface area contributed by atoms with Crippen LogP contribution in [0.15, 0.2) is 103 Å². The van der Waals surface area contributed by atoms with E-state index in [1.807, 2.05) is 70.2 Å². The minimum atomic E-state index is -0.713. The van der Waals surface area contributed by atoms with E-state index < -0.39 is 17.2 Å². The molecule has 0 unspecified atom stereocenters. The highest BCUT2D eigenvalue weighted by Crippen LogP contribution is 2.55. The highest BCUT2D eigenvalue weighted by atomic mass is 16.6. The van der Waals surface area contributed by atoms with Gasteiger partial charge in [0.15, 0.2) is 0 Å². The average molecular weight is 493 g/mol. The number of nitrogens with zero attached hydrogens (tertiary/aromatic N) is 4. The van der Waals surface area contributed by atoms with E-state index in [9.17, 15) is 10.4 Å². The number of hydrogen-bond donors (Lipinski definition) is 2. The Labute approximate surface area is 218 Å². The number of hydrogen-bond acceptors (Lipinski definition) is 6. The first kappa shape index (κ1) is 23.7. The first-order valence-corrected chi connectivity index (χ1v) is 12.6. The summed E-state index contributed by atoms with van der Waals surface area (Å²) in [5.41, 5.74) is 5.66. The summed E-state index contributed by atoms with van der Waals surface area (Å²) in [6, 6.07) is 35.2. The van der Waals surface area contributed by atoms with Gasteiger partial charge in [0.1, 0.15) is 6.17 Å². The summed E-state index contributed by atoms with van der Waals surface area (Å²) < 4.78 is 0. The maximum Gasteiger partial charge on any atom is 0.136 e. The van der Waals surface area contributed by atoms with Crippen molar-refractivity contribution in [3.05, 3.63) is 109 Å². The molecule has 37 heavy (non-hydrogen) atoms. The zero-order valence-electron chi connectivity index (χ0n) is 21.6. The molecule has 0 bridgehead atoms. The van der Waals surface area contributed by atoms with Gasteiger partial charge in [-0.25, -0.2) is 0 Å². The maximum atomic E-state index is 11.3. The molecule has 6 rings (SSSR count). The lowest BCUT2D eigenvalue weighted by atomic mass is 9.84. The Kier molecular flexibility index (Phi) is 5.40. The number of para-hydroxylation sites is 4. The van der Waals surface area contributed by atoms with Crippen LogP contribution in [0.1, 0.15) is 39.4 Å². The second kappa shape index (κ2) is 8.43. The van der Waals surface area contributed by atoms with Crippen molar-refractivity contribution < 1.29 is 10.4 Å². The summed E-state index contributed by atoms with van der Waals surface area (Å²) in [5.74, 6) is 0. The second-order valence-corrected chi connectivity index (χ2v) is 10.8. The molecular formula is C31H32N4O2. The first-order chi connectivity index (χ1) is 17.7. The van der Waals surface area contributed by atoms with Gasteiger partial charge in [0.25, 0.3) is 0 Å². The zero-order chi connectivity index (χ0) is 25.9. The normalized spacial score (nSPS) is 19.1. The molecule has 4 aromatic carbocycles. The molecule has 2 aliphatic heterocycles. The number of hydroxylamine groups is 4. The third-order valence-corrected chi connectivity index (χ3v) is 8.28. The van der Waals surface area contributed by atoms with E-state index in [2.05, 4.69) is 70.5 Å². The fourth-order valence-corrected chi connectivity index (χ4v) is 5.44. The number of rotatable bonds is 3. The molecule has 2 heterocycles. The molecule has 0 aromatic heterocycles. The van der Waals surface area contributed by atoms with Gasteiger partial charge in [-0.3, -0.25) is 0 Å². The highest BCUT2D eigenvalue weighted by molar-refractivity contribution is 6.01. The van der Waals surface area contributed by atoms with E-state index in [-0.39, 0.29) is 0 Å². The van der Waals surface area contributed by atoms with Crippen molar-refractivity contribution in [2.45, 2.75) is 44.9 Å². The number of benzene rings is 4. The Morgan fingerprint density at radius 1 is 0.514 bits per heavy atom. The van der Waals surface area contributed by atoms with Crippen molar-refractivity contribution in [1.82, 2.24) is 10.1 Å². The van der Waals surface area contributed by atoms with E-state index in [1.54, 1.807) is 0 Å². The van der Waals surface area contributed by atoms with Crippen molar-refractivity contribution in [2.75, 3.05) is 9.80 Å². The van der Waals surface area contributed by atoms with Crippen LogP contribution in [-0.4, -0.2) is 31.6 Å². The van der Waals surface area contributed by atoms with Crippen molar-refractivity contribution >= 4 is 34.1 Å². The minimum Gasteiger partial charge on any atom is -0.311 e. The summed E-state index contributed by atoms with van der Waals surface area (Å²) in [5, 5.41) is 25.1. The van der Waals surface area contributed by atoms with Gasteiger partial charge in [-0.05, 0) is 81.8 Å². The van der Waals surface area contributed by atoms with Gasteiger partial charge >= 0.3 is 0 Å². The fraction of sp³-hybridized carbons (Fsp3) is 0.226. The number of anilines is 6. The molecular weight excluding hydrogens is 460 g/mol. The van der Waals surface area contributed by atoms with Crippen LogP contribution in [0.3, 0.4) is 0 Å². The van der Waals surface area contributed by atoms with Gasteiger partial charge < -0.3 is 20.2 Å². The van der Waals surface area contributed by atoms with Crippen LogP contribution in [0.2, 0.25) is 0 Å². The van der Waals surface area contributed by atoms with Gasteiger partial charge in [0, 0.05) is 11.4 Å². The van der Waals surface area contributed by atoms with Crippen molar-refractivity contribution in [3.8, 4) is 0 Å². The SMILES string of the molecule is CC1(C)N(O)C(c2ccc3c(c2)N(c2ccccc2)c2ccccc2N3c2ccccc2)N(O)C1(C)C. The topological polar surface area (TPSA) is 53.4 Å². The molecule has 0 radical (unpaired) electrons. The minimum absolute atomic E-state index is 0.676. The molecule has 0 atom stereocenters. The predicted octanol–water partition coefficient (Wildman–Crippen LogP) is 7.89. The largest absolute Gasteiger partial charge is 0.311 e. The quantitative estimate of drug-likeness (QED) is 0.267. The molecule has 0 aliphatic carbocycles. The Morgan fingerprint density at radius 3 is 1.41 bits per heavy atom. The van der Waals surface area contributed by atoms with Gasteiger partial charge in [0.05, 0.1) is 33.8 Å². The molecule has 2 N–H and O–H groups in total. The zero-order valence-corrected chi connectivity index (χ0v) is 21.6. The molecule has 6 heteroatoms. The van der Waals surface area contributed by atoms with E-state index in [4.69, 9.17) is 0 Å². The van der Waals surface area contributed by atoms with Gasteiger partial charge in [0.2, 0.25) is 0 Å². The van der Waals surface area contributed by atoms with Crippen LogP contribution in [-0.2, 0) is 0 Å². The summed E-state index contributed by atoms with van der Waals surface area (Å²) >= 11 is 0. The molecule has 4 aromatic rings. The molecule has 2 aliphatic rings. The van der Waals surface area contributed by atoms with Crippen LogP contribution in [0.4, 0.5) is 34.1 Å². The predicted molar refractivity (Wildman–Crippen MR) is 148 cm³/mol. The third-order valence-electron chi connectivity index (χ3n) is 8.28. The lowest BCUT2D eigenvalue weighted by Gasteiger charge is -2.41. The average Bonchev–Trinajstić information content (AvgIpc) is 3.03. The van der Waals surface area contributed by atoms with E-state index in [0.29, 0.717) is 0 Å². The van der Waals surface area contributed by atoms with E-state index >= 15 is 0 Å².